The average molecular weight is 556 g/mol. The third-order valence-corrected chi connectivity index (χ3v) is 8.83. The van der Waals surface area contributed by atoms with Crippen LogP contribution in [0.5, 0.6) is 6.01 Å². The molecule has 40 heavy (non-hydrogen) atoms. The van der Waals surface area contributed by atoms with Crippen LogP contribution in [0.2, 0.25) is 5.02 Å². The Morgan fingerprint density at radius 1 is 1.00 bits per heavy atom. The highest BCUT2D eigenvalue weighted by atomic mass is 35.5. The van der Waals surface area contributed by atoms with E-state index in [2.05, 4.69) is 30.4 Å². The van der Waals surface area contributed by atoms with Crippen LogP contribution in [-0.2, 0) is 12.8 Å². The maximum absolute atomic E-state index is 16.5. The zero-order valence-electron chi connectivity index (χ0n) is 21.7. The van der Waals surface area contributed by atoms with E-state index >= 15 is 4.39 Å². The first-order valence-corrected chi connectivity index (χ1v) is 14.2. The number of benzene rings is 2. The van der Waals surface area contributed by atoms with Gasteiger partial charge >= 0.3 is 6.01 Å². The normalized spacial score (nSPS) is 22.1. The molecule has 0 spiro atoms. The molecule has 0 saturated carbocycles. The fraction of sp³-hybridized carbons (Fsp3) is 0.333. The molecule has 202 valence electrons. The highest BCUT2D eigenvalue weighted by molar-refractivity contribution is 6.36. The number of pyridine rings is 1. The van der Waals surface area contributed by atoms with Gasteiger partial charge in [-0.3, -0.25) is 10.1 Å². The number of piperazine rings is 1. The lowest BCUT2D eigenvalue weighted by atomic mass is 9.96. The summed E-state index contributed by atoms with van der Waals surface area (Å²) < 4.78 is 22.9. The first kappa shape index (κ1) is 24.0. The van der Waals surface area contributed by atoms with Crippen molar-refractivity contribution in [2.75, 3.05) is 18.0 Å². The summed E-state index contributed by atoms with van der Waals surface area (Å²) in [5.41, 5.74) is 3.33. The maximum Gasteiger partial charge on any atom is 0.319 e. The third kappa shape index (κ3) is 3.98. The summed E-state index contributed by atoms with van der Waals surface area (Å²) in [6.45, 7) is 1.59. The molecule has 1 aliphatic carbocycles. The van der Waals surface area contributed by atoms with E-state index in [1.54, 1.807) is 6.20 Å². The van der Waals surface area contributed by atoms with Crippen molar-refractivity contribution < 1.29 is 9.13 Å². The summed E-state index contributed by atoms with van der Waals surface area (Å²) in [5, 5.41) is 13.7. The van der Waals surface area contributed by atoms with Crippen LogP contribution in [0.15, 0.2) is 48.8 Å². The molecule has 0 radical (unpaired) electrons. The molecule has 8 nitrogen and oxygen atoms in total. The van der Waals surface area contributed by atoms with Crippen molar-refractivity contribution in [3.8, 4) is 17.3 Å². The average Bonchev–Trinajstić information content (AvgIpc) is 3.58. The highest BCUT2D eigenvalue weighted by Crippen LogP contribution is 2.38. The van der Waals surface area contributed by atoms with Gasteiger partial charge in [0.1, 0.15) is 23.1 Å². The van der Waals surface area contributed by atoms with Gasteiger partial charge in [-0.2, -0.15) is 15.1 Å². The first-order valence-electron chi connectivity index (χ1n) is 13.8. The van der Waals surface area contributed by atoms with Crippen molar-refractivity contribution >= 4 is 39.1 Å². The smallest absolute Gasteiger partial charge is 0.319 e. The molecule has 2 N–H and O–H groups in total. The molecule has 5 heterocycles. The van der Waals surface area contributed by atoms with Crippen molar-refractivity contribution in [2.24, 2.45) is 0 Å². The van der Waals surface area contributed by atoms with E-state index in [0.29, 0.717) is 40.3 Å². The SMILES string of the molecule is Fc1c(-c2cccc3cccc(Cl)c23)ncc2c(N3C[C@H]4CC[C@@H](C3)N4)nc(OC3CCc4cn[nH]c4C3)nc12. The number of aromatic amines is 1. The quantitative estimate of drug-likeness (QED) is 0.313. The minimum absolute atomic E-state index is 0.126. The summed E-state index contributed by atoms with van der Waals surface area (Å²) >= 11 is 6.59. The van der Waals surface area contributed by atoms with Gasteiger partial charge in [0, 0.05) is 59.5 Å². The Balaban J connectivity index is 1.26. The second-order valence-corrected chi connectivity index (χ2v) is 11.5. The lowest BCUT2D eigenvalue weighted by Gasteiger charge is -2.34. The molecule has 2 fully saturated rings. The molecular formula is C30H27ClFN7O. The fourth-order valence-corrected chi connectivity index (χ4v) is 6.88. The number of fused-ring (bicyclic) bond motifs is 5. The molecule has 10 heteroatoms. The number of halogens is 2. The molecule has 3 aliphatic rings. The van der Waals surface area contributed by atoms with Crippen molar-refractivity contribution in [1.29, 1.82) is 0 Å². The number of rotatable bonds is 4. The fourth-order valence-electron chi connectivity index (χ4n) is 6.59. The van der Waals surface area contributed by atoms with E-state index in [1.165, 1.54) is 5.56 Å². The summed E-state index contributed by atoms with van der Waals surface area (Å²) in [6, 6.07) is 12.3. The van der Waals surface area contributed by atoms with Crippen molar-refractivity contribution in [3.05, 3.63) is 70.9 Å². The van der Waals surface area contributed by atoms with Crippen LogP contribution >= 0.6 is 11.6 Å². The van der Waals surface area contributed by atoms with E-state index in [-0.39, 0.29) is 23.3 Å². The number of hydrogen-bond donors (Lipinski definition) is 2. The van der Waals surface area contributed by atoms with Crippen LogP contribution in [0, 0.1) is 5.82 Å². The zero-order chi connectivity index (χ0) is 26.8. The van der Waals surface area contributed by atoms with E-state index in [4.69, 9.17) is 21.3 Å². The predicted octanol–water partition coefficient (Wildman–Crippen LogP) is 5.24. The largest absolute Gasteiger partial charge is 0.460 e. The van der Waals surface area contributed by atoms with Crippen molar-refractivity contribution in [3.63, 3.8) is 0 Å². The molecule has 2 saturated heterocycles. The molecule has 5 aromatic rings. The van der Waals surface area contributed by atoms with Crippen molar-refractivity contribution in [1.82, 2.24) is 30.5 Å². The van der Waals surface area contributed by atoms with Gasteiger partial charge in [0.05, 0.1) is 11.6 Å². The Bertz CT molecular complexity index is 1760. The van der Waals surface area contributed by atoms with Gasteiger partial charge in [0.2, 0.25) is 0 Å². The number of anilines is 1. The second kappa shape index (κ2) is 9.38. The number of nitrogens with zero attached hydrogens (tertiary/aromatic N) is 5. The molecular weight excluding hydrogens is 529 g/mol. The Hall–Kier alpha value is -3.82. The summed E-state index contributed by atoms with van der Waals surface area (Å²) in [4.78, 5) is 16.4. The number of nitrogens with one attached hydrogen (secondary N) is 2. The lowest BCUT2D eigenvalue weighted by molar-refractivity contribution is 0.168. The number of H-pyrrole nitrogens is 1. The molecule has 8 rings (SSSR count). The number of aromatic nitrogens is 5. The van der Waals surface area contributed by atoms with Crippen LogP contribution in [0.4, 0.5) is 10.2 Å². The monoisotopic (exact) mass is 555 g/mol. The maximum atomic E-state index is 16.5. The topological polar surface area (TPSA) is 91.9 Å². The lowest BCUT2D eigenvalue weighted by Crippen LogP contribution is -2.51. The number of aryl methyl sites for hydroxylation is 1. The standard InChI is InChI=1S/C30H27ClFN7O/c31-23-6-2-4-16-3-1-5-21(25(16)23)27-26(32)28-22(13-33-27)29(39-14-18-8-9-19(15-39)35-18)37-30(36-28)40-20-10-7-17-12-34-38-24(17)11-20/h1-6,12-13,18-20,35H,7-11,14-15H2,(H,34,38)/t18-,19+,20?. The summed E-state index contributed by atoms with van der Waals surface area (Å²) in [5.74, 6) is 0.168. The molecule has 0 amide bonds. The second-order valence-electron chi connectivity index (χ2n) is 11.1. The Labute approximate surface area is 234 Å². The Kier molecular flexibility index (Phi) is 5.63. The van der Waals surface area contributed by atoms with Crippen molar-refractivity contribution in [2.45, 2.75) is 50.3 Å². The molecule has 1 unspecified atom stereocenters. The van der Waals surface area contributed by atoms with Crippen LogP contribution < -0.4 is 15.0 Å². The molecule has 3 atom stereocenters. The van der Waals surface area contributed by atoms with Gasteiger partial charge in [-0.05, 0) is 42.7 Å². The van der Waals surface area contributed by atoms with E-state index in [0.717, 1.165) is 55.2 Å². The molecule has 2 aromatic carbocycles. The number of hydrogen-bond acceptors (Lipinski definition) is 7. The van der Waals surface area contributed by atoms with Gasteiger partial charge in [-0.25, -0.2) is 4.39 Å². The molecule has 2 aliphatic heterocycles. The Morgan fingerprint density at radius 3 is 2.67 bits per heavy atom. The molecule has 3 aromatic heterocycles. The molecule has 2 bridgehead atoms. The van der Waals surface area contributed by atoms with Crippen LogP contribution in [0.1, 0.15) is 30.5 Å². The van der Waals surface area contributed by atoms with E-state index in [1.807, 2.05) is 42.6 Å². The Morgan fingerprint density at radius 2 is 1.82 bits per heavy atom. The van der Waals surface area contributed by atoms with Crippen LogP contribution in [0.3, 0.4) is 0 Å². The summed E-state index contributed by atoms with van der Waals surface area (Å²) in [6.07, 6.45) is 8.06. The van der Waals surface area contributed by atoms with Gasteiger partial charge < -0.3 is 15.0 Å². The number of ether oxygens (including phenoxy) is 1. The zero-order valence-corrected chi connectivity index (χ0v) is 22.5. The van der Waals surface area contributed by atoms with Gasteiger partial charge in [0.15, 0.2) is 5.82 Å². The van der Waals surface area contributed by atoms with Gasteiger partial charge in [0.25, 0.3) is 0 Å². The third-order valence-electron chi connectivity index (χ3n) is 8.52. The van der Waals surface area contributed by atoms with Gasteiger partial charge in [-0.15, -0.1) is 0 Å². The predicted molar refractivity (Wildman–Crippen MR) is 152 cm³/mol. The highest BCUT2D eigenvalue weighted by Gasteiger charge is 2.34. The minimum atomic E-state index is -0.504. The van der Waals surface area contributed by atoms with E-state index < -0.39 is 5.82 Å². The van der Waals surface area contributed by atoms with Crippen LogP contribution in [-0.4, -0.2) is 56.4 Å². The summed E-state index contributed by atoms with van der Waals surface area (Å²) in [7, 11) is 0. The minimum Gasteiger partial charge on any atom is -0.460 e. The van der Waals surface area contributed by atoms with Crippen LogP contribution in [0.25, 0.3) is 32.9 Å². The van der Waals surface area contributed by atoms with Gasteiger partial charge in [-0.1, -0.05) is 41.9 Å². The first-order chi connectivity index (χ1) is 19.6. The van der Waals surface area contributed by atoms with E-state index in [9.17, 15) is 0 Å².